The molecule has 1 aliphatic heterocycles. The summed E-state index contributed by atoms with van der Waals surface area (Å²) in [6.07, 6.45) is 0.185. The molecule has 5 heteroatoms. The highest BCUT2D eigenvalue weighted by Crippen LogP contribution is 2.27. The molecule has 0 saturated carbocycles. The van der Waals surface area contributed by atoms with Crippen LogP contribution < -0.4 is 0 Å². The predicted molar refractivity (Wildman–Crippen MR) is 90.1 cm³/mol. The van der Waals surface area contributed by atoms with Crippen LogP contribution in [0.1, 0.15) is 28.5 Å². The molecule has 2 heterocycles. The van der Waals surface area contributed by atoms with Crippen molar-refractivity contribution < 1.29 is 9.84 Å². The number of rotatable bonds is 5. The number of ether oxygens (including phenoxy) is 1. The Bertz CT molecular complexity index is 666. The monoisotopic (exact) mass is 328 g/mol. The normalized spacial score (nSPS) is 20.1. The summed E-state index contributed by atoms with van der Waals surface area (Å²) < 4.78 is 5.61. The number of hydrogen-bond acceptors (Lipinski definition) is 5. The molecule has 0 amide bonds. The zero-order valence-corrected chi connectivity index (χ0v) is 13.7. The Hall–Kier alpha value is -1.71. The third kappa shape index (κ3) is 3.98. The molecular formula is C18H20N2O2S. The lowest BCUT2D eigenvalue weighted by Crippen LogP contribution is -2.45. The maximum absolute atomic E-state index is 10.4. The van der Waals surface area contributed by atoms with Crippen LogP contribution in [0.3, 0.4) is 0 Å². The lowest BCUT2D eigenvalue weighted by molar-refractivity contribution is -0.0296. The quantitative estimate of drug-likeness (QED) is 0.917. The van der Waals surface area contributed by atoms with Gasteiger partial charge in [0.15, 0.2) is 0 Å². The van der Waals surface area contributed by atoms with Gasteiger partial charge in [-0.15, -0.1) is 11.3 Å². The molecule has 1 aromatic carbocycles. The Balaban J connectivity index is 1.70. The highest BCUT2D eigenvalue weighted by molar-refractivity contribution is 7.10. The van der Waals surface area contributed by atoms with E-state index in [0.29, 0.717) is 19.6 Å². The number of morpholine rings is 1. The van der Waals surface area contributed by atoms with Crippen LogP contribution in [0, 0.1) is 11.3 Å². The lowest BCUT2D eigenvalue weighted by atomic mass is 10.0. The zero-order chi connectivity index (χ0) is 16.1. The maximum atomic E-state index is 10.4. The van der Waals surface area contributed by atoms with Gasteiger partial charge in [-0.05, 0) is 29.5 Å². The van der Waals surface area contributed by atoms with E-state index in [1.807, 2.05) is 41.8 Å². The fourth-order valence-corrected chi connectivity index (χ4v) is 3.68. The second-order valence-electron chi connectivity index (χ2n) is 5.74. The van der Waals surface area contributed by atoms with Crippen molar-refractivity contribution in [1.82, 2.24) is 4.90 Å². The fraction of sp³-hybridized carbons (Fsp3) is 0.389. The van der Waals surface area contributed by atoms with E-state index in [-0.39, 0.29) is 6.04 Å². The van der Waals surface area contributed by atoms with Crippen molar-refractivity contribution in [2.45, 2.75) is 25.1 Å². The van der Waals surface area contributed by atoms with E-state index in [1.165, 1.54) is 0 Å². The van der Waals surface area contributed by atoms with Gasteiger partial charge in [0.05, 0.1) is 31.0 Å². The molecule has 1 fully saturated rings. The Morgan fingerprint density at radius 1 is 1.35 bits per heavy atom. The van der Waals surface area contributed by atoms with Gasteiger partial charge in [-0.25, -0.2) is 0 Å². The Morgan fingerprint density at radius 3 is 3.00 bits per heavy atom. The first-order chi connectivity index (χ1) is 11.3. The molecule has 0 spiro atoms. The molecule has 23 heavy (non-hydrogen) atoms. The summed E-state index contributed by atoms with van der Waals surface area (Å²) in [5.41, 5.74) is 1.75. The molecule has 4 nitrogen and oxygen atoms in total. The van der Waals surface area contributed by atoms with Gasteiger partial charge in [0.25, 0.3) is 0 Å². The molecule has 0 aliphatic carbocycles. The van der Waals surface area contributed by atoms with Gasteiger partial charge in [0.2, 0.25) is 0 Å². The molecule has 120 valence electrons. The van der Waals surface area contributed by atoms with Crippen LogP contribution in [0.15, 0.2) is 41.8 Å². The minimum Gasteiger partial charge on any atom is -0.388 e. The smallest absolute Gasteiger partial charge is 0.0995 e. The molecular weight excluding hydrogens is 308 g/mol. The average Bonchev–Trinajstić information content (AvgIpc) is 3.12. The van der Waals surface area contributed by atoms with Crippen LogP contribution in [0.25, 0.3) is 0 Å². The number of thiophene rings is 1. The van der Waals surface area contributed by atoms with Crippen molar-refractivity contribution in [2.75, 3.05) is 19.8 Å². The van der Waals surface area contributed by atoms with Crippen molar-refractivity contribution in [3.63, 3.8) is 0 Å². The summed E-state index contributed by atoms with van der Waals surface area (Å²) in [5, 5.41) is 21.7. The summed E-state index contributed by atoms with van der Waals surface area (Å²) in [4.78, 5) is 3.31. The molecule has 3 rings (SSSR count). The second-order valence-corrected chi connectivity index (χ2v) is 6.71. The Labute approximate surface area is 140 Å². The SMILES string of the molecule is N#Cc1ccccc1CN1CCOCC1CC(O)c1cccs1. The van der Waals surface area contributed by atoms with Crippen molar-refractivity contribution in [2.24, 2.45) is 0 Å². The molecule has 0 bridgehead atoms. The van der Waals surface area contributed by atoms with Crippen LogP contribution in [-0.2, 0) is 11.3 Å². The van der Waals surface area contributed by atoms with Gasteiger partial charge in [-0.3, -0.25) is 4.90 Å². The van der Waals surface area contributed by atoms with E-state index in [4.69, 9.17) is 4.74 Å². The molecule has 2 unspecified atom stereocenters. The van der Waals surface area contributed by atoms with E-state index >= 15 is 0 Å². The Morgan fingerprint density at radius 2 is 2.22 bits per heavy atom. The predicted octanol–water partition coefficient (Wildman–Crippen LogP) is 2.94. The molecule has 2 aromatic rings. The number of hydrogen-bond donors (Lipinski definition) is 1. The van der Waals surface area contributed by atoms with E-state index < -0.39 is 6.10 Å². The topological polar surface area (TPSA) is 56.5 Å². The van der Waals surface area contributed by atoms with Crippen LogP contribution in [0.2, 0.25) is 0 Å². The zero-order valence-electron chi connectivity index (χ0n) is 12.9. The van der Waals surface area contributed by atoms with Crippen molar-refractivity contribution in [1.29, 1.82) is 5.26 Å². The highest BCUT2D eigenvalue weighted by atomic mass is 32.1. The standard InChI is InChI=1S/C18H20N2O2S/c19-11-14-4-1-2-5-15(14)12-20-7-8-22-13-16(20)10-17(21)18-6-3-9-23-18/h1-6,9,16-17,21H,7-8,10,12-13H2. The largest absolute Gasteiger partial charge is 0.388 e. The third-order valence-corrected chi connectivity index (χ3v) is 5.20. The van der Waals surface area contributed by atoms with E-state index in [0.717, 1.165) is 29.1 Å². The highest BCUT2D eigenvalue weighted by Gasteiger charge is 2.26. The van der Waals surface area contributed by atoms with E-state index in [1.54, 1.807) is 11.3 Å². The average molecular weight is 328 g/mol. The van der Waals surface area contributed by atoms with Gasteiger partial charge in [-0.2, -0.15) is 5.26 Å². The van der Waals surface area contributed by atoms with E-state index in [9.17, 15) is 10.4 Å². The maximum Gasteiger partial charge on any atom is 0.0995 e. The van der Waals surface area contributed by atoms with Crippen LogP contribution >= 0.6 is 11.3 Å². The summed E-state index contributed by atoms with van der Waals surface area (Å²) in [6.45, 7) is 2.86. The van der Waals surface area contributed by atoms with Gasteiger partial charge >= 0.3 is 0 Å². The minimum absolute atomic E-state index is 0.160. The first kappa shape index (κ1) is 16.2. The summed E-state index contributed by atoms with van der Waals surface area (Å²) >= 11 is 1.58. The van der Waals surface area contributed by atoms with Crippen LogP contribution in [0.5, 0.6) is 0 Å². The molecule has 1 aromatic heterocycles. The molecule has 1 saturated heterocycles. The lowest BCUT2D eigenvalue weighted by Gasteiger charge is -2.36. The van der Waals surface area contributed by atoms with Crippen LogP contribution in [0.4, 0.5) is 0 Å². The van der Waals surface area contributed by atoms with Gasteiger partial charge in [0.1, 0.15) is 0 Å². The number of aliphatic hydroxyl groups excluding tert-OH is 1. The first-order valence-electron chi connectivity index (χ1n) is 7.79. The van der Waals surface area contributed by atoms with Crippen molar-refractivity contribution in [3.05, 3.63) is 57.8 Å². The Kier molecular flexibility index (Phi) is 5.42. The van der Waals surface area contributed by atoms with Gasteiger partial charge in [0, 0.05) is 24.0 Å². The molecule has 0 radical (unpaired) electrons. The van der Waals surface area contributed by atoms with E-state index in [2.05, 4.69) is 11.0 Å². The number of nitrogens with zero attached hydrogens (tertiary/aromatic N) is 2. The minimum atomic E-state index is -0.463. The number of benzene rings is 1. The van der Waals surface area contributed by atoms with Gasteiger partial charge in [-0.1, -0.05) is 24.3 Å². The van der Waals surface area contributed by atoms with Crippen molar-refractivity contribution in [3.8, 4) is 6.07 Å². The summed E-state index contributed by atoms with van der Waals surface area (Å²) in [7, 11) is 0. The summed E-state index contributed by atoms with van der Waals surface area (Å²) in [6, 6.07) is 14.0. The molecule has 1 N–H and O–H groups in total. The number of nitriles is 1. The first-order valence-corrected chi connectivity index (χ1v) is 8.67. The van der Waals surface area contributed by atoms with Gasteiger partial charge < -0.3 is 9.84 Å². The number of aliphatic hydroxyl groups is 1. The molecule has 2 atom stereocenters. The van der Waals surface area contributed by atoms with Crippen LogP contribution in [-0.4, -0.2) is 35.8 Å². The summed E-state index contributed by atoms with van der Waals surface area (Å²) in [5.74, 6) is 0. The third-order valence-electron chi connectivity index (χ3n) is 4.23. The molecule has 1 aliphatic rings. The second kappa shape index (κ2) is 7.71. The fourth-order valence-electron chi connectivity index (χ4n) is 2.96. The van der Waals surface area contributed by atoms with Crippen molar-refractivity contribution >= 4 is 11.3 Å².